The van der Waals surface area contributed by atoms with Crippen molar-refractivity contribution in [3.8, 4) is 0 Å². The smallest absolute Gasteiger partial charge is 0.276 e. The fraction of sp³-hybridized carbons (Fsp3) is 0.222. The van der Waals surface area contributed by atoms with Crippen molar-refractivity contribution in [3.63, 3.8) is 0 Å². The molecule has 8 heteroatoms. The Labute approximate surface area is 203 Å². The molecule has 7 nitrogen and oxygen atoms in total. The van der Waals surface area contributed by atoms with Gasteiger partial charge in [-0.3, -0.25) is 14.3 Å². The lowest BCUT2D eigenvalue weighted by Gasteiger charge is -2.32. The van der Waals surface area contributed by atoms with Crippen molar-refractivity contribution >= 4 is 11.8 Å². The molecule has 3 heterocycles. The number of H-pyrrole nitrogens is 1. The predicted octanol–water partition coefficient (Wildman–Crippen LogP) is 4.53. The van der Waals surface area contributed by atoms with Crippen molar-refractivity contribution in [2.45, 2.75) is 32.9 Å². The number of halogens is 1. The van der Waals surface area contributed by atoms with Crippen LogP contribution in [0.1, 0.15) is 57.6 Å². The fourth-order valence-electron chi connectivity index (χ4n) is 4.38. The van der Waals surface area contributed by atoms with Crippen LogP contribution in [0.3, 0.4) is 0 Å². The number of hydrogen-bond donors (Lipinski definition) is 2. The van der Waals surface area contributed by atoms with Crippen LogP contribution in [0.5, 0.6) is 0 Å². The summed E-state index contributed by atoms with van der Waals surface area (Å²) in [7, 11) is 0. The maximum absolute atomic E-state index is 13.4. The largest absolute Gasteiger partial charge is 0.357 e. The van der Waals surface area contributed by atoms with Crippen LogP contribution in [-0.4, -0.2) is 38.0 Å². The first-order valence-corrected chi connectivity index (χ1v) is 11.4. The molecule has 1 aromatic carbocycles. The Hall–Kier alpha value is -4.20. The summed E-state index contributed by atoms with van der Waals surface area (Å²) < 4.78 is 15.2. The lowest BCUT2D eigenvalue weighted by atomic mass is 9.95. The minimum Gasteiger partial charge on any atom is -0.357 e. The topological polar surface area (TPSA) is 83.0 Å². The number of hydrogen-bond acceptors (Lipinski definition) is 3. The number of nitrogens with one attached hydrogen (secondary N) is 2. The summed E-state index contributed by atoms with van der Waals surface area (Å²) in [4.78, 5) is 31.1. The average molecular weight is 474 g/mol. The highest BCUT2D eigenvalue weighted by Gasteiger charge is 2.34. The summed E-state index contributed by atoms with van der Waals surface area (Å²) in [5.74, 6) is -0.877. The van der Waals surface area contributed by atoms with E-state index in [1.807, 2.05) is 19.9 Å². The first kappa shape index (κ1) is 23.9. The van der Waals surface area contributed by atoms with E-state index < -0.39 is 0 Å². The van der Waals surface area contributed by atoms with E-state index in [1.54, 1.807) is 58.3 Å². The molecule has 3 aromatic rings. The van der Waals surface area contributed by atoms with Gasteiger partial charge >= 0.3 is 0 Å². The number of carbonyl (C=O) groups is 2. The zero-order valence-electron chi connectivity index (χ0n) is 19.8. The number of aromatic amines is 1. The molecular formula is C27H28FN5O2. The summed E-state index contributed by atoms with van der Waals surface area (Å²) in [6, 6.07) is 9.73. The third kappa shape index (κ3) is 5.16. The summed E-state index contributed by atoms with van der Waals surface area (Å²) in [5, 5.41) is 7.56. The van der Waals surface area contributed by atoms with Crippen molar-refractivity contribution in [2.75, 3.05) is 6.54 Å². The second-order valence-electron chi connectivity index (χ2n) is 8.48. The van der Waals surface area contributed by atoms with Crippen molar-refractivity contribution in [2.24, 2.45) is 0 Å². The van der Waals surface area contributed by atoms with Gasteiger partial charge < -0.3 is 15.2 Å². The minimum absolute atomic E-state index is 0.0640. The second-order valence-corrected chi connectivity index (χ2v) is 8.48. The van der Waals surface area contributed by atoms with Crippen LogP contribution < -0.4 is 5.32 Å². The Morgan fingerprint density at radius 1 is 1.29 bits per heavy atom. The van der Waals surface area contributed by atoms with Crippen molar-refractivity contribution in [3.05, 3.63) is 113 Å². The molecule has 1 atom stereocenters. The van der Waals surface area contributed by atoms with Crippen molar-refractivity contribution in [1.82, 2.24) is 25.0 Å². The van der Waals surface area contributed by atoms with E-state index in [4.69, 9.17) is 0 Å². The van der Waals surface area contributed by atoms with Crippen LogP contribution in [-0.2, 0) is 13.1 Å². The molecule has 0 saturated carbocycles. The molecule has 0 unspecified atom stereocenters. The quantitative estimate of drug-likeness (QED) is 0.495. The highest BCUT2D eigenvalue weighted by molar-refractivity contribution is 5.96. The van der Waals surface area contributed by atoms with Crippen LogP contribution in [0.4, 0.5) is 4.39 Å². The first-order valence-electron chi connectivity index (χ1n) is 11.4. The molecule has 0 fully saturated rings. The van der Waals surface area contributed by atoms with E-state index in [0.29, 0.717) is 30.0 Å². The summed E-state index contributed by atoms with van der Waals surface area (Å²) in [6.45, 7) is 8.70. The van der Waals surface area contributed by atoms with Crippen LogP contribution in [0, 0.1) is 5.82 Å². The van der Waals surface area contributed by atoms with E-state index in [9.17, 15) is 14.0 Å². The molecule has 0 radical (unpaired) electrons. The zero-order chi connectivity index (χ0) is 24.9. The minimum atomic E-state index is -0.369. The Bertz CT molecular complexity index is 1290. The Morgan fingerprint density at radius 3 is 2.71 bits per heavy atom. The number of nitrogens with zero attached hydrogens (tertiary/aromatic N) is 3. The Kier molecular flexibility index (Phi) is 7.10. The second kappa shape index (κ2) is 10.4. The number of carbonyl (C=O) groups excluding carboxylic acids is 2. The molecule has 2 N–H and O–H groups in total. The van der Waals surface area contributed by atoms with Crippen LogP contribution in [0.2, 0.25) is 0 Å². The number of amides is 2. The van der Waals surface area contributed by atoms with Gasteiger partial charge in [-0.1, -0.05) is 37.8 Å². The number of benzene rings is 1. The number of aromatic nitrogens is 3. The molecule has 0 spiro atoms. The standard InChI is InChI=1S/C27H28FN5O2/c1-4-7-21(8-5-2)30-26(34)24-22-17-32(27(35)23-9-6-14-29-23)15-18(3)25(22)33(31-24)16-19-10-12-20(28)13-11-19/h4-14,18,29H,1,15-17H2,2-3H3,(H,30,34)/b8-5-,21-7+/t18-/m1/s1. The fourth-order valence-corrected chi connectivity index (χ4v) is 4.38. The highest BCUT2D eigenvalue weighted by Crippen LogP contribution is 2.32. The van der Waals surface area contributed by atoms with Crippen LogP contribution >= 0.6 is 0 Å². The molecule has 1 aliphatic heterocycles. The summed E-state index contributed by atoms with van der Waals surface area (Å²) in [5.41, 5.74) is 3.81. The Balaban J connectivity index is 1.73. The molecular weight excluding hydrogens is 445 g/mol. The lowest BCUT2D eigenvalue weighted by Crippen LogP contribution is -2.39. The van der Waals surface area contributed by atoms with Gasteiger partial charge in [0.05, 0.1) is 13.1 Å². The average Bonchev–Trinajstić information content (AvgIpc) is 3.49. The van der Waals surface area contributed by atoms with Crippen molar-refractivity contribution < 1.29 is 14.0 Å². The van der Waals surface area contributed by atoms with Gasteiger partial charge in [-0.15, -0.1) is 0 Å². The molecule has 35 heavy (non-hydrogen) atoms. The summed E-state index contributed by atoms with van der Waals surface area (Å²) >= 11 is 0. The zero-order valence-corrected chi connectivity index (χ0v) is 19.8. The Morgan fingerprint density at radius 2 is 2.06 bits per heavy atom. The van der Waals surface area contributed by atoms with Gasteiger partial charge in [0.2, 0.25) is 0 Å². The highest BCUT2D eigenvalue weighted by atomic mass is 19.1. The molecule has 0 bridgehead atoms. The van der Waals surface area contributed by atoms with E-state index in [2.05, 4.69) is 22.0 Å². The molecule has 0 saturated heterocycles. The predicted molar refractivity (Wildman–Crippen MR) is 132 cm³/mol. The van der Waals surface area contributed by atoms with E-state index in [1.165, 1.54) is 12.1 Å². The molecule has 4 rings (SSSR count). The monoisotopic (exact) mass is 473 g/mol. The maximum Gasteiger partial charge on any atom is 0.276 e. The van der Waals surface area contributed by atoms with E-state index in [0.717, 1.165) is 11.3 Å². The van der Waals surface area contributed by atoms with Gasteiger partial charge in [0.15, 0.2) is 5.69 Å². The molecule has 180 valence electrons. The number of fused-ring (bicyclic) bond motifs is 1. The summed E-state index contributed by atoms with van der Waals surface area (Å²) in [6.07, 6.45) is 8.59. The van der Waals surface area contributed by atoms with Gasteiger partial charge in [-0.05, 0) is 48.9 Å². The van der Waals surface area contributed by atoms with Crippen LogP contribution in [0.15, 0.2) is 79.2 Å². The first-order chi connectivity index (χ1) is 16.9. The van der Waals surface area contributed by atoms with Crippen LogP contribution in [0.25, 0.3) is 0 Å². The molecule has 1 aliphatic rings. The van der Waals surface area contributed by atoms with Gasteiger partial charge in [0.25, 0.3) is 11.8 Å². The number of allylic oxidation sites excluding steroid dienone is 4. The third-order valence-electron chi connectivity index (χ3n) is 5.88. The van der Waals surface area contributed by atoms with Gasteiger partial charge in [-0.2, -0.15) is 5.10 Å². The van der Waals surface area contributed by atoms with Gasteiger partial charge in [-0.25, -0.2) is 4.39 Å². The van der Waals surface area contributed by atoms with Crippen molar-refractivity contribution in [1.29, 1.82) is 0 Å². The molecule has 0 aliphatic carbocycles. The van der Waals surface area contributed by atoms with Gasteiger partial charge in [0, 0.05) is 35.6 Å². The maximum atomic E-state index is 13.4. The van der Waals surface area contributed by atoms with E-state index in [-0.39, 0.29) is 35.8 Å². The van der Waals surface area contributed by atoms with Gasteiger partial charge in [0.1, 0.15) is 11.5 Å². The molecule has 2 amide bonds. The third-order valence-corrected chi connectivity index (χ3v) is 5.88. The normalized spacial score (nSPS) is 15.8. The molecule has 2 aromatic heterocycles. The number of rotatable bonds is 7. The SMILES string of the molecule is C=C/C=C(\C=C/C)NC(=O)c1nn(Cc2ccc(F)cc2)c2c1CN(C(=O)c1ccc[nH]1)C[C@H]2C. The van der Waals surface area contributed by atoms with E-state index >= 15 is 0 Å². The lowest BCUT2D eigenvalue weighted by molar-refractivity contribution is 0.0711.